The predicted molar refractivity (Wildman–Crippen MR) is 92.0 cm³/mol. The van der Waals surface area contributed by atoms with Crippen molar-refractivity contribution in [3.8, 4) is 10.6 Å². The average Bonchev–Trinajstić information content (AvgIpc) is 2.92. The molecule has 3 aromatic rings. The van der Waals surface area contributed by atoms with Crippen LogP contribution in [-0.4, -0.2) is 16.9 Å². The van der Waals surface area contributed by atoms with E-state index in [1.807, 2.05) is 13.0 Å². The summed E-state index contributed by atoms with van der Waals surface area (Å²) in [6.07, 6.45) is 0. The smallest absolute Gasteiger partial charge is 0.241 e. The molecular weight excluding hydrogens is 332 g/mol. The van der Waals surface area contributed by atoms with E-state index >= 15 is 0 Å². The van der Waals surface area contributed by atoms with Crippen LogP contribution in [0, 0.1) is 18.6 Å². The molecule has 0 aliphatic rings. The number of fused-ring (bicyclic) bond motifs is 1. The molecule has 124 valence electrons. The van der Waals surface area contributed by atoms with Gasteiger partial charge in [-0.3, -0.25) is 4.79 Å². The third-order valence-electron chi connectivity index (χ3n) is 3.58. The summed E-state index contributed by atoms with van der Waals surface area (Å²) in [6.45, 7) is 3.46. The van der Waals surface area contributed by atoms with E-state index in [-0.39, 0.29) is 5.91 Å². The number of aromatic nitrogens is 1. The number of rotatable bonds is 3. The molecule has 1 heterocycles. The highest BCUT2D eigenvalue weighted by atomic mass is 32.1. The Kier molecular flexibility index (Phi) is 4.29. The molecule has 0 fully saturated rings. The number of hydrogen-bond donors (Lipinski definition) is 2. The molecule has 7 heteroatoms. The fourth-order valence-electron chi connectivity index (χ4n) is 2.23. The van der Waals surface area contributed by atoms with Gasteiger partial charge in [-0.25, -0.2) is 13.8 Å². The lowest BCUT2D eigenvalue weighted by atomic mass is 10.1. The first-order valence-electron chi connectivity index (χ1n) is 7.28. The molecule has 24 heavy (non-hydrogen) atoms. The molecule has 1 amide bonds. The number of nitrogens with zero attached hydrogens (tertiary/aromatic N) is 1. The van der Waals surface area contributed by atoms with Gasteiger partial charge in [0.25, 0.3) is 0 Å². The van der Waals surface area contributed by atoms with Crippen LogP contribution in [-0.2, 0) is 4.79 Å². The van der Waals surface area contributed by atoms with E-state index in [4.69, 9.17) is 5.73 Å². The molecule has 0 aliphatic heterocycles. The summed E-state index contributed by atoms with van der Waals surface area (Å²) in [5, 5.41) is 3.41. The summed E-state index contributed by atoms with van der Waals surface area (Å²) in [5.74, 6) is -2.07. The Morgan fingerprint density at radius 2 is 1.96 bits per heavy atom. The zero-order valence-electron chi connectivity index (χ0n) is 13.1. The minimum Gasteiger partial charge on any atom is -0.325 e. The number of thiazole rings is 1. The Hall–Kier alpha value is -2.38. The number of aryl methyl sites for hydroxylation is 1. The fraction of sp³-hybridized carbons (Fsp3) is 0.176. The molecule has 1 aromatic heterocycles. The maximum absolute atomic E-state index is 13.3. The van der Waals surface area contributed by atoms with E-state index in [2.05, 4.69) is 10.3 Å². The van der Waals surface area contributed by atoms with Crippen molar-refractivity contribution in [2.45, 2.75) is 19.9 Å². The third kappa shape index (κ3) is 3.13. The summed E-state index contributed by atoms with van der Waals surface area (Å²) >= 11 is 1.28. The van der Waals surface area contributed by atoms with Crippen LogP contribution in [0.5, 0.6) is 0 Å². The second kappa shape index (κ2) is 6.26. The first-order valence-corrected chi connectivity index (χ1v) is 8.10. The highest BCUT2D eigenvalue weighted by molar-refractivity contribution is 7.21. The Balaban J connectivity index is 1.95. The second-order valence-electron chi connectivity index (χ2n) is 5.56. The zero-order chi connectivity index (χ0) is 17.4. The maximum atomic E-state index is 13.3. The van der Waals surface area contributed by atoms with E-state index in [0.29, 0.717) is 20.9 Å². The van der Waals surface area contributed by atoms with Gasteiger partial charge in [-0.05, 0) is 43.7 Å². The fourth-order valence-corrected chi connectivity index (χ4v) is 3.20. The van der Waals surface area contributed by atoms with Gasteiger partial charge >= 0.3 is 0 Å². The molecule has 2 aromatic carbocycles. The summed E-state index contributed by atoms with van der Waals surface area (Å²) < 4.78 is 27.2. The van der Waals surface area contributed by atoms with Gasteiger partial charge < -0.3 is 11.1 Å². The number of amides is 1. The number of anilines is 1. The summed E-state index contributed by atoms with van der Waals surface area (Å²) in [7, 11) is 0. The number of nitrogens with one attached hydrogen (secondary N) is 1. The van der Waals surface area contributed by atoms with Crippen LogP contribution in [0.25, 0.3) is 20.8 Å². The van der Waals surface area contributed by atoms with E-state index in [1.165, 1.54) is 11.3 Å². The zero-order valence-corrected chi connectivity index (χ0v) is 13.9. The van der Waals surface area contributed by atoms with Gasteiger partial charge in [-0.15, -0.1) is 11.3 Å². The number of hydrogen-bond acceptors (Lipinski definition) is 4. The van der Waals surface area contributed by atoms with Crippen molar-refractivity contribution in [1.29, 1.82) is 0 Å². The van der Waals surface area contributed by atoms with E-state index in [0.717, 1.165) is 23.3 Å². The van der Waals surface area contributed by atoms with Crippen LogP contribution in [0.2, 0.25) is 0 Å². The van der Waals surface area contributed by atoms with E-state index in [1.54, 1.807) is 19.1 Å². The standard InChI is InChI=1S/C17H15F2N3OS/c1-8-5-10(3-4-13(8)21-16(23)9(2)20)17-22-14-6-11(18)12(19)7-15(14)24-17/h3-7,9H,20H2,1-2H3,(H,21,23)/t9-/m0/s1. The van der Waals surface area contributed by atoms with Crippen molar-refractivity contribution < 1.29 is 13.6 Å². The van der Waals surface area contributed by atoms with Gasteiger partial charge in [0.2, 0.25) is 5.91 Å². The SMILES string of the molecule is Cc1cc(-c2nc3cc(F)c(F)cc3s2)ccc1NC(=O)[C@H](C)N. The number of halogens is 2. The van der Waals surface area contributed by atoms with E-state index in [9.17, 15) is 13.6 Å². The minimum atomic E-state index is -0.913. The lowest BCUT2D eigenvalue weighted by molar-refractivity contribution is -0.117. The topological polar surface area (TPSA) is 68.0 Å². The molecule has 3 N–H and O–H groups in total. The van der Waals surface area contributed by atoms with Crippen molar-refractivity contribution in [3.05, 3.63) is 47.5 Å². The lowest BCUT2D eigenvalue weighted by Gasteiger charge is -2.11. The molecule has 0 spiro atoms. The maximum Gasteiger partial charge on any atom is 0.241 e. The Morgan fingerprint density at radius 1 is 1.25 bits per heavy atom. The first-order chi connectivity index (χ1) is 11.3. The van der Waals surface area contributed by atoms with E-state index < -0.39 is 17.7 Å². The summed E-state index contributed by atoms with van der Waals surface area (Å²) in [6, 6.07) is 7.07. The van der Waals surface area contributed by atoms with Gasteiger partial charge in [0.15, 0.2) is 11.6 Å². The third-order valence-corrected chi connectivity index (χ3v) is 4.64. The molecule has 4 nitrogen and oxygen atoms in total. The van der Waals surface area contributed by atoms with Crippen LogP contribution < -0.4 is 11.1 Å². The molecule has 0 unspecified atom stereocenters. The van der Waals surface area contributed by atoms with Crippen molar-refractivity contribution in [3.63, 3.8) is 0 Å². The Bertz CT molecular complexity index is 898. The Labute approximate surface area is 141 Å². The van der Waals surface area contributed by atoms with Crippen LogP contribution in [0.15, 0.2) is 30.3 Å². The number of carbonyl (C=O) groups excluding carboxylic acids is 1. The van der Waals surface area contributed by atoms with Crippen molar-refractivity contribution in [2.24, 2.45) is 5.73 Å². The highest BCUT2D eigenvalue weighted by Crippen LogP contribution is 2.33. The first kappa shape index (κ1) is 16.5. The molecule has 0 radical (unpaired) electrons. The molecular formula is C17H15F2N3OS. The number of nitrogens with two attached hydrogens (primary N) is 1. The van der Waals surface area contributed by atoms with Crippen LogP contribution in [0.1, 0.15) is 12.5 Å². The van der Waals surface area contributed by atoms with Crippen LogP contribution in [0.4, 0.5) is 14.5 Å². The second-order valence-corrected chi connectivity index (χ2v) is 6.59. The quantitative estimate of drug-likeness (QED) is 0.756. The minimum absolute atomic E-state index is 0.267. The normalized spacial score (nSPS) is 12.4. The number of benzene rings is 2. The van der Waals surface area contributed by atoms with Crippen LogP contribution >= 0.6 is 11.3 Å². The molecule has 3 rings (SSSR count). The van der Waals surface area contributed by atoms with Crippen molar-refractivity contribution in [1.82, 2.24) is 4.98 Å². The highest BCUT2D eigenvalue weighted by Gasteiger charge is 2.13. The van der Waals surface area contributed by atoms with Gasteiger partial charge in [0.1, 0.15) is 5.01 Å². The monoisotopic (exact) mass is 347 g/mol. The molecule has 0 bridgehead atoms. The number of carbonyl (C=O) groups is 1. The van der Waals surface area contributed by atoms with Crippen LogP contribution in [0.3, 0.4) is 0 Å². The predicted octanol–water partition coefficient (Wildman–Crippen LogP) is 3.84. The van der Waals surface area contributed by atoms with Gasteiger partial charge in [0, 0.05) is 17.3 Å². The van der Waals surface area contributed by atoms with Crippen molar-refractivity contribution >= 4 is 33.1 Å². The Morgan fingerprint density at radius 3 is 2.62 bits per heavy atom. The lowest BCUT2D eigenvalue weighted by Crippen LogP contribution is -2.32. The summed E-state index contributed by atoms with van der Waals surface area (Å²) in [5.41, 5.74) is 8.28. The molecule has 0 aliphatic carbocycles. The molecule has 0 saturated carbocycles. The van der Waals surface area contributed by atoms with Gasteiger partial charge in [-0.1, -0.05) is 0 Å². The van der Waals surface area contributed by atoms with Gasteiger partial charge in [-0.2, -0.15) is 0 Å². The molecule has 0 saturated heterocycles. The average molecular weight is 347 g/mol. The summed E-state index contributed by atoms with van der Waals surface area (Å²) in [4.78, 5) is 16.0. The van der Waals surface area contributed by atoms with Gasteiger partial charge in [0.05, 0.1) is 16.3 Å². The largest absolute Gasteiger partial charge is 0.325 e. The van der Waals surface area contributed by atoms with Crippen molar-refractivity contribution in [2.75, 3.05) is 5.32 Å². The molecule has 1 atom stereocenters.